The van der Waals surface area contributed by atoms with Crippen LogP contribution in [0.2, 0.25) is 0 Å². The highest BCUT2D eigenvalue weighted by Crippen LogP contribution is 2.20. The Morgan fingerprint density at radius 1 is 1.24 bits per heavy atom. The third kappa shape index (κ3) is 3.41. The molecular formula is C18H22N4O3. The minimum atomic E-state index is -0.272. The first-order chi connectivity index (χ1) is 12.0. The highest BCUT2D eigenvalue weighted by Gasteiger charge is 2.14. The number of hydrogen-bond donors (Lipinski definition) is 1. The Bertz CT molecular complexity index is 987. The largest absolute Gasteiger partial charge is 0.385 e. The molecule has 0 unspecified atom stereocenters. The second-order valence-corrected chi connectivity index (χ2v) is 6.13. The summed E-state index contributed by atoms with van der Waals surface area (Å²) >= 11 is 0. The van der Waals surface area contributed by atoms with Gasteiger partial charge < -0.3 is 10.1 Å². The molecule has 7 heteroatoms. The van der Waals surface area contributed by atoms with E-state index >= 15 is 0 Å². The molecule has 3 aromatic rings. The Morgan fingerprint density at radius 2 is 2.04 bits per heavy atom. The van der Waals surface area contributed by atoms with Crippen LogP contribution in [0.25, 0.3) is 16.4 Å². The Hall–Kier alpha value is -2.67. The van der Waals surface area contributed by atoms with E-state index in [1.165, 1.54) is 4.68 Å². The molecular weight excluding hydrogens is 320 g/mol. The second-order valence-electron chi connectivity index (χ2n) is 6.13. The maximum atomic E-state index is 12.7. The number of benzene rings is 1. The highest BCUT2D eigenvalue weighted by atomic mass is 16.5. The Morgan fingerprint density at radius 3 is 2.80 bits per heavy atom. The average molecular weight is 342 g/mol. The topological polar surface area (TPSA) is 77.6 Å². The lowest BCUT2D eigenvalue weighted by Gasteiger charge is -2.09. The Balaban J connectivity index is 1.92. The number of aryl methyl sites for hydroxylation is 2. The van der Waals surface area contributed by atoms with Gasteiger partial charge in [0.2, 0.25) is 5.91 Å². The van der Waals surface area contributed by atoms with E-state index in [1.54, 1.807) is 7.11 Å². The molecule has 2 heterocycles. The number of amides is 1. The summed E-state index contributed by atoms with van der Waals surface area (Å²) in [6.45, 7) is 4.85. The van der Waals surface area contributed by atoms with Gasteiger partial charge >= 0.3 is 0 Å². The van der Waals surface area contributed by atoms with Crippen molar-refractivity contribution in [2.75, 3.05) is 20.3 Å². The minimum absolute atomic E-state index is 0.0935. The van der Waals surface area contributed by atoms with E-state index in [4.69, 9.17) is 4.74 Å². The van der Waals surface area contributed by atoms with Crippen LogP contribution in [0.3, 0.4) is 0 Å². The smallest absolute Gasteiger partial charge is 0.291 e. The molecule has 1 N–H and O–H groups in total. The van der Waals surface area contributed by atoms with Crippen LogP contribution < -0.4 is 10.9 Å². The molecule has 0 bridgehead atoms. The van der Waals surface area contributed by atoms with E-state index in [0.717, 1.165) is 22.9 Å². The van der Waals surface area contributed by atoms with Gasteiger partial charge in [0.05, 0.1) is 5.52 Å². The first-order valence-corrected chi connectivity index (χ1v) is 8.26. The number of hydrogen-bond acceptors (Lipinski definition) is 4. The normalized spacial score (nSPS) is 11.3. The molecule has 1 aromatic carbocycles. The van der Waals surface area contributed by atoms with Crippen molar-refractivity contribution in [2.45, 2.75) is 26.8 Å². The monoisotopic (exact) mass is 342 g/mol. The van der Waals surface area contributed by atoms with Crippen molar-refractivity contribution in [3.05, 3.63) is 46.0 Å². The lowest BCUT2D eigenvalue weighted by molar-refractivity contribution is -0.121. The molecule has 0 atom stereocenters. The fraction of sp³-hybridized carbons (Fsp3) is 0.389. The molecule has 3 rings (SSSR count). The van der Waals surface area contributed by atoms with Gasteiger partial charge in [-0.15, -0.1) is 0 Å². The lowest BCUT2D eigenvalue weighted by Crippen LogP contribution is -2.35. The first kappa shape index (κ1) is 17.2. The van der Waals surface area contributed by atoms with Gasteiger partial charge in [-0.25, -0.2) is 4.68 Å². The van der Waals surface area contributed by atoms with Crippen molar-refractivity contribution < 1.29 is 9.53 Å². The van der Waals surface area contributed by atoms with E-state index in [2.05, 4.69) is 10.4 Å². The summed E-state index contributed by atoms with van der Waals surface area (Å²) in [7, 11) is 1.62. The molecule has 132 valence electrons. The third-order valence-corrected chi connectivity index (χ3v) is 4.14. The van der Waals surface area contributed by atoms with Crippen LogP contribution in [-0.2, 0) is 16.1 Å². The summed E-state index contributed by atoms with van der Waals surface area (Å²) < 4.78 is 8.00. The van der Waals surface area contributed by atoms with Gasteiger partial charge in [0.1, 0.15) is 17.9 Å². The number of methoxy groups -OCH3 is 1. The molecule has 0 spiro atoms. The van der Waals surface area contributed by atoms with Crippen LogP contribution in [-0.4, -0.2) is 40.3 Å². The lowest BCUT2D eigenvalue weighted by atomic mass is 10.2. The second kappa shape index (κ2) is 7.06. The molecule has 0 aliphatic carbocycles. The molecule has 0 saturated heterocycles. The zero-order valence-corrected chi connectivity index (χ0v) is 14.7. The summed E-state index contributed by atoms with van der Waals surface area (Å²) in [5, 5.41) is 8.07. The number of nitrogens with one attached hydrogen (secondary N) is 1. The van der Waals surface area contributed by atoms with Gasteiger partial charge in [0.15, 0.2) is 0 Å². The number of carbonyl (C=O) groups excluding carboxylic acids is 1. The fourth-order valence-electron chi connectivity index (χ4n) is 2.98. The van der Waals surface area contributed by atoms with Crippen LogP contribution in [0.4, 0.5) is 0 Å². The van der Waals surface area contributed by atoms with Crippen molar-refractivity contribution in [3.63, 3.8) is 0 Å². The van der Waals surface area contributed by atoms with E-state index in [-0.39, 0.29) is 18.0 Å². The van der Waals surface area contributed by atoms with Crippen LogP contribution in [0.1, 0.15) is 17.8 Å². The zero-order chi connectivity index (χ0) is 18.0. The number of carbonyl (C=O) groups is 1. The minimum Gasteiger partial charge on any atom is -0.385 e. The SMILES string of the molecule is COCCCNC(=O)Cn1nc(C)n2c(cc3cc(C)ccc32)c1=O. The summed E-state index contributed by atoms with van der Waals surface area (Å²) in [5.41, 5.74) is 2.33. The quantitative estimate of drug-likeness (QED) is 0.687. The predicted octanol–water partition coefficient (Wildman–Crippen LogP) is 1.42. The van der Waals surface area contributed by atoms with Crippen LogP contribution in [0, 0.1) is 13.8 Å². The van der Waals surface area contributed by atoms with Gasteiger partial charge in [-0.05, 0) is 38.5 Å². The predicted molar refractivity (Wildman–Crippen MR) is 95.9 cm³/mol. The van der Waals surface area contributed by atoms with Crippen molar-refractivity contribution in [3.8, 4) is 0 Å². The van der Waals surface area contributed by atoms with Gasteiger partial charge in [0, 0.05) is 25.6 Å². The van der Waals surface area contributed by atoms with Gasteiger partial charge in [-0.3, -0.25) is 14.0 Å². The standard InChI is InChI=1S/C18H22N4O3/c1-12-5-6-15-14(9-12)10-16-18(24)21(20-13(2)22(15)16)11-17(23)19-7-4-8-25-3/h5-6,9-10H,4,7-8,11H2,1-3H3,(H,19,23). The number of rotatable bonds is 6. The van der Waals surface area contributed by atoms with Crippen molar-refractivity contribution >= 4 is 22.3 Å². The van der Waals surface area contributed by atoms with Crippen LogP contribution in [0.15, 0.2) is 29.1 Å². The number of aromatic nitrogens is 3. The van der Waals surface area contributed by atoms with E-state index in [1.807, 2.05) is 42.5 Å². The van der Waals surface area contributed by atoms with Crippen LogP contribution in [0.5, 0.6) is 0 Å². The molecule has 0 radical (unpaired) electrons. The molecule has 7 nitrogen and oxygen atoms in total. The average Bonchev–Trinajstić information content (AvgIpc) is 2.95. The summed E-state index contributed by atoms with van der Waals surface area (Å²) in [5.74, 6) is 0.432. The number of nitrogens with zero attached hydrogens (tertiary/aromatic N) is 3. The molecule has 2 aromatic heterocycles. The highest BCUT2D eigenvalue weighted by molar-refractivity contribution is 5.87. The van der Waals surface area contributed by atoms with Gasteiger partial charge in [-0.2, -0.15) is 5.10 Å². The van der Waals surface area contributed by atoms with Crippen molar-refractivity contribution in [1.29, 1.82) is 0 Å². The first-order valence-electron chi connectivity index (χ1n) is 8.26. The molecule has 1 amide bonds. The van der Waals surface area contributed by atoms with Crippen LogP contribution >= 0.6 is 0 Å². The molecule has 0 saturated carbocycles. The number of ether oxygens (including phenoxy) is 1. The molecule has 0 fully saturated rings. The maximum Gasteiger partial charge on any atom is 0.291 e. The van der Waals surface area contributed by atoms with Crippen molar-refractivity contribution in [1.82, 2.24) is 19.5 Å². The molecule has 0 aliphatic heterocycles. The summed E-state index contributed by atoms with van der Waals surface area (Å²) in [4.78, 5) is 24.8. The maximum absolute atomic E-state index is 12.7. The van der Waals surface area contributed by atoms with E-state index in [0.29, 0.717) is 24.5 Å². The Kier molecular flexibility index (Phi) is 4.85. The molecule has 0 aliphatic rings. The summed E-state index contributed by atoms with van der Waals surface area (Å²) in [6.07, 6.45) is 0.728. The zero-order valence-electron chi connectivity index (χ0n) is 14.7. The Labute approximate surface area is 145 Å². The van der Waals surface area contributed by atoms with Gasteiger partial charge in [-0.1, -0.05) is 11.6 Å². The third-order valence-electron chi connectivity index (χ3n) is 4.14. The molecule has 25 heavy (non-hydrogen) atoms. The fourth-order valence-corrected chi connectivity index (χ4v) is 2.98. The van der Waals surface area contributed by atoms with E-state index < -0.39 is 0 Å². The van der Waals surface area contributed by atoms with Gasteiger partial charge in [0.25, 0.3) is 5.56 Å². The number of fused-ring (bicyclic) bond motifs is 3. The van der Waals surface area contributed by atoms with Crippen molar-refractivity contribution in [2.24, 2.45) is 0 Å². The van der Waals surface area contributed by atoms with E-state index in [9.17, 15) is 9.59 Å². The summed E-state index contributed by atoms with van der Waals surface area (Å²) in [6, 6.07) is 7.88.